The highest BCUT2D eigenvalue weighted by Gasteiger charge is 2.07. The molecule has 0 saturated carbocycles. The molecule has 0 unspecified atom stereocenters. The van der Waals surface area contributed by atoms with Crippen molar-refractivity contribution in [2.24, 2.45) is 0 Å². The largest absolute Gasteiger partial charge is 0.496 e. The highest BCUT2D eigenvalue weighted by molar-refractivity contribution is 9.10. The lowest BCUT2D eigenvalue weighted by molar-refractivity contribution is 0.412. The van der Waals surface area contributed by atoms with Crippen LogP contribution in [0.2, 0.25) is 0 Å². The Kier molecular flexibility index (Phi) is 5.52. The van der Waals surface area contributed by atoms with E-state index in [1.807, 2.05) is 18.2 Å². The molecule has 2 N–H and O–H groups in total. The van der Waals surface area contributed by atoms with Crippen LogP contribution in [0, 0.1) is 0 Å². The molecule has 2 rings (SSSR count). The summed E-state index contributed by atoms with van der Waals surface area (Å²) in [4.78, 5) is 19.0. The Morgan fingerprint density at radius 2 is 2.19 bits per heavy atom. The zero-order valence-corrected chi connectivity index (χ0v) is 13.7. The van der Waals surface area contributed by atoms with Crippen LogP contribution in [-0.4, -0.2) is 23.6 Å². The van der Waals surface area contributed by atoms with E-state index < -0.39 is 0 Å². The van der Waals surface area contributed by atoms with Crippen LogP contribution in [0.1, 0.15) is 19.0 Å². The second kappa shape index (κ2) is 7.38. The number of benzene rings is 1. The maximum absolute atomic E-state index is 11.8. The Morgan fingerprint density at radius 1 is 1.38 bits per heavy atom. The maximum Gasteiger partial charge on any atom is 0.251 e. The Morgan fingerprint density at radius 3 is 2.86 bits per heavy atom. The minimum Gasteiger partial charge on any atom is -0.496 e. The topological polar surface area (TPSA) is 67.0 Å². The van der Waals surface area contributed by atoms with Crippen molar-refractivity contribution in [2.45, 2.75) is 19.9 Å². The highest BCUT2D eigenvalue weighted by Crippen LogP contribution is 2.28. The van der Waals surface area contributed by atoms with Crippen LogP contribution in [0.3, 0.4) is 0 Å². The summed E-state index contributed by atoms with van der Waals surface area (Å²) in [5, 5.41) is 3.24. The molecule has 0 spiro atoms. The fraction of sp³-hybridized carbons (Fsp3) is 0.333. The van der Waals surface area contributed by atoms with Crippen LogP contribution in [0.5, 0.6) is 5.75 Å². The number of aromatic nitrogens is 2. The van der Waals surface area contributed by atoms with Crippen LogP contribution in [0.25, 0.3) is 11.4 Å². The van der Waals surface area contributed by atoms with Crippen molar-refractivity contribution < 1.29 is 4.74 Å². The predicted molar refractivity (Wildman–Crippen MR) is 86.5 cm³/mol. The van der Waals surface area contributed by atoms with Gasteiger partial charge in [-0.25, -0.2) is 4.98 Å². The fourth-order valence-corrected chi connectivity index (χ4v) is 2.48. The lowest BCUT2D eigenvalue weighted by atomic mass is 10.2. The van der Waals surface area contributed by atoms with Gasteiger partial charge in [0.05, 0.1) is 17.3 Å². The van der Waals surface area contributed by atoms with E-state index in [2.05, 4.69) is 38.1 Å². The maximum atomic E-state index is 11.8. The number of halogens is 1. The second-order valence-electron chi connectivity index (χ2n) is 4.61. The number of nitrogens with one attached hydrogen (secondary N) is 2. The summed E-state index contributed by atoms with van der Waals surface area (Å²) < 4.78 is 6.02. The van der Waals surface area contributed by atoms with Crippen LogP contribution in [0.4, 0.5) is 0 Å². The van der Waals surface area contributed by atoms with Gasteiger partial charge in [0.1, 0.15) is 11.6 Å². The van der Waals surface area contributed by atoms with E-state index in [1.54, 1.807) is 7.11 Å². The molecule has 0 aliphatic rings. The van der Waals surface area contributed by atoms with Crippen molar-refractivity contribution >= 4 is 15.9 Å². The van der Waals surface area contributed by atoms with Gasteiger partial charge >= 0.3 is 0 Å². The number of H-pyrrole nitrogens is 1. The molecule has 0 radical (unpaired) electrons. The van der Waals surface area contributed by atoms with Crippen LogP contribution in [-0.2, 0) is 6.54 Å². The van der Waals surface area contributed by atoms with Gasteiger partial charge in [-0.05, 0) is 47.1 Å². The molecule has 2 aromatic rings. The number of hydrogen-bond acceptors (Lipinski definition) is 4. The minimum absolute atomic E-state index is 0.153. The lowest BCUT2D eigenvalue weighted by Crippen LogP contribution is -2.18. The van der Waals surface area contributed by atoms with Crippen molar-refractivity contribution in [1.29, 1.82) is 0 Å². The predicted octanol–water partition coefficient (Wildman–Crippen LogP) is 2.71. The Hall–Kier alpha value is -1.66. The monoisotopic (exact) mass is 351 g/mol. The molecule has 0 aliphatic heterocycles. The van der Waals surface area contributed by atoms with E-state index in [9.17, 15) is 4.79 Å². The normalized spacial score (nSPS) is 10.6. The van der Waals surface area contributed by atoms with Gasteiger partial charge in [-0.1, -0.05) is 6.92 Å². The fourth-order valence-electron chi connectivity index (χ4n) is 1.94. The van der Waals surface area contributed by atoms with Crippen molar-refractivity contribution in [2.75, 3.05) is 13.7 Å². The molecule has 0 amide bonds. The first kappa shape index (κ1) is 15.7. The number of nitrogens with zero attached hydrogens (tertiary/aromatic N) is 1. The zero-order chi connectivity index (χ0) is 15.2. The quantitative estimate of drug-likeness (QED) is 0.785. The molecule has 112 valence electrons. The van der Waals surface area contributed by atoms with E-state index >= 15 is 0 Å². The summed E-state index contributed by atoms with van der Waals surface area (Å²) in [5.74, 6) is 1.29. The molecule has 1 aromatic heterocycles. The lowest BCUT2D eigenvalue weighted by Gasteiger charge is -2.08. The molecule has 1 heterocycles. The molecular weight excluding hydrogens is 334 g/mol. The van der Waals surface area contributed by atoms with Crippen molar-refractivity contribution in [3.8, 4) is 17.1 Å². The number of ether oxygens (including phenoxy) is 1. The van der Waals surface area contributed by atoms with Gasteiger partial charge in [0.15, 0.2) is 0 Å². The van der Waals surface area contributed by atoms with Crippen LogP contribution in [0.15, 0.2) is 33.5 Å². The van der Waals surface area contributed by atoms with E-state index in [0.29, 0.717) is 12.4 Å². The van der Waals surface area contributed by atoms with E-state index in [0.717, 1.165) is 34.4 Å². The van der Waals surface area contributed by atoms with Gasteiger partial charge in [-0.15, -0.1) is 0 Å². The first-order chi connectivity index (χ1) is 10.1. The summed E-state index contributed by atoms with van der Waals surface area (Å²) in [6.07, 6.45) is 1.04. The molecule has 0 atom stereocenters. The molecule has 5 nitrogen and oxygen atoms in total. The molecular formula is C15H18BrN3O2. The summed E-state index contributed by atoms with van der Waals surface area (Å²) >= 11 is 3.44. The van der Waals surface area contributed by atoms with Gasteiger partial charge in [0.2, 0.25) is 0 Å². The molecule has 21 heavy (non-hydrogen) atoms. The molecule has 1 aromatic carbocycles. The molecule has 0 fully saturated rings. The summed E-state index contributed by atoms with van der Waals surface area (Å²) in [6, 6.07) is 7.09. The third-order valence-electron chi connectivity index (χ3n) is 2.95. The molecule has 0 aliphatic carbocycles. The SMILES string of the molecule is CCCNCc1cc(=O)[nH]c(-c2ccc(OC)c(Br)c2)n1. The van der Waals surface area contributed by atoms with Crippen LogP contribution < -0.4 is 15.6 Å². The van der Waals surface area contributed by atoms with Crippen molar-refractivity contribution in [3.63, 3.8) is 0 Å². The van der Waals surface area contributed by atoms with Crippen molar-refractivity contribution in [3.05, 3.63) is 44.8 Å². The number of hydrogen-bond donors (Lipinski definition) is 2. The van der Waals surface area contributed by atoms with Gasteiger partial charge in [0.25, 0.3) is 5.56 Å². The van der Waals surface area contributed by atoms with Crippen LogP contribution >= 0.6 is 15.9 Å². The van der Waals surface area contributed by atoms with Gasteiger partial charge < -0.3 is 15.0 Å². The zero-order valence-electron chi connectivity index (χ0n) is 12.1. The average molecular weight is 352 g/mol. The Balaban J connectivity index is 2.30. The van der Waals surface area contributed by atoms with E-state index in [1.165, 1.54) is 6.07 Å². The second-order valence-corrected chi connectivity index (χ2v) is 5.47. The first-order valence-corrected chi connectivity index (χ1v) is 7.58. The van der Waals surface area contributed by atoms with E-state index in [4.69, 9.17) is 4.74 Å². The van der Waals surface area contributed by atoms with Crippen molar-refractivity contribution in [1.82, 2.24) is 15.3 Å². The highest BCUT2D eigenvalue weighted by atomic mass is 79.9. The van der Waals surface area contributed by atoms with E-state index in [-0.39, 0.29) is 5.56 Å². The molecule has 0 saturated heterocycles. The average Bonchev–Trinajstić information content (AvgIpc) is 2.47. The van der Waals surface area contributed by atoms with Gasteiger partial charge in [-0.2, -0.15) is 0 Å². The first-order valence-electron chi connectivity index (χ1n) is 6.79. The van der Waals surface area contributed by atoms with Gasteiger partial charge in [0, 0.05) is 18.2 Å². The minimum atomic E-state index is -0.153. The molecule has 0 bridgehead atoms. The van der Waals surface area contributed by atoms with Gasteiger partial charge in [-0.3, -0.25) is 4.79 Å². The number of aromatic amines is 1. The Bertz CT molecular complexity index is 670. The Labute approximate surface area is 131 Å². The summed E-state index contributed by atoms with van der Waals surface area (Å²) in [5.41, 5.74) is 1.41. The number of methoxy groups -OCH3 is 1. The summed E-state index contributed by atoms with van der Waals surface area (Å²) in [7, 11) is 1.61. The third kappa shape index (κ3) is 4.15. The molecule has 6 heteroatoms. The number of rotatable bonds is 6. The smallest absolute Gasteiger partial charge is 0.251 e. The summed E-state index contributed by atoms with van der Waals surface area (Å²) in [6.45, 7) is 3.58. The standard InChI is InChI=1S/C15H18BrN3O2/c1-3-6-17-9-11-8-14(20)19-15(18-11)10-4-5-13(21-2)12(16)7-10/h4-5,7-8,17H,3,6,9H2,1-2H3,(H,18,19,20). The third-order valence-corrected chi connectivity index (χ3v) is 3.57.